The average Bonchev–Trinajstić information content (AvgIpc) is 3.11. The van der Waals surface area contributed by atoms with E-state index >= 15 is 0 Å². The van der Waals surface area contributed by atoms with Gasteiger partial charge in [-0.25, -0.2) is 9.07 Å². The second-order valence-electron chi connectivity index (χ2n) is 8.06. The van der Waals surface area contributed by atoms with E-state index in [-0.39, 0.29) is 23.9 Å². The lowest BCUT2D eigenvalue weighted by molar-refractivity contribution is -0.0588. The Morgan fingerprint density at radius 3 is 2.43 bits per heavy atom. The number of carbonyl (C=O) groups excluding carboxylic acids is 1. The van der Waals surface area contributed by atoms with E-state index in [1.54, 1.807) is 33.8 Å². The molecule has 2 aromatic carbocycles. The lowest BCUT2D eigenvalue weighted by Gasteiger charge is -2.35. The van der Waals surface area contributed by atoms with Crippen molar-refractivity contribution in [1.29, 1.82) is 0 Å². The normalized spacial score (nSPS) is 19.2. The summed E-state index contributed by atoms with van der Waals surface area (Å²) in [4.78, 5) is 15.3. The van der Waals surface area contributed by atoms with Crippen LogP contribution in [0.5, 0.6) is 0 Å². The second kappa shape index (κ2) is 8.03. The summed E-state index contributed by atoms with van der Waals surface area (Å²) in [5.74, 6) is -0.498. The molecule has 0 N–H and O–H groups in total. The van der Waals surface area contributed by atoms with Gasteiger partial charge in [-0.3, -0.25) is 4.79 Å². The van der Waals surface area contributed by atoms with Crippen LogP contribution in [-0.2, 0) is 4.74 Å². The van der Waals surface area contributed by atoms with Gasteiger partial charge in [-0.05, 0) is 57.5 Å². The van der Waals surface area contributed by atoms with Crippen molar-refractivity contribution in [1.82, 2.24) is 14.7 Å². The number of morpholine rings is 1. The van der Waals surface area contributed by atoms with Gasteiger partial charge in [0.2, 0.25) is 0 Å². The van der Waals surface area contributed by atoms with E-state index in [1.165, 1.54) is 6.07 Å². The number of carbonyl (C=O) groups is 1. The van der Waals surface area contributed by atoms with Crippen LogP contribution in [0.25, 0.3) is 16.9 Å². The van der Waals surface area contributed by atoms with E-state index in [9.17, 15) is 9.18 Å². The number of ether oxygens (including phenoxy) is 1. The fourth-order valence-electron chi connectivity index (χ4n) is 4.07. The van der Waals surface area contributed by atoms with Crippen LogP contribution in [0, 0.1) is 19.7 Å². The largest absolute Gasteiger partial charge is 0.372 e. The van der Waals surface area contributed by atoms with Gasteiger partial charge in [-0.15, -0.1) is 0 Å². The molecule has 0 radical (unpaired) electrons. The molecule has 5 nitrogen and oxygen atoms in total. The summed E-state index contributed by atoms with van der Waals surface area (Å²) in [6.07, 6.45) is -0.0811. The molecule has 2 heterocycles. The molecule has 0 bridgehead atoms. The van der Waals surface area contributed by atoms with Gasteiger partial charge < -0.3 is 9.64 Å². The van der Waals surface area contributed by atoms with Gasteiger partial charge in [0.05, 0.1) is 23.6 Å². The molecule has 30 heavy (non-hydrogen) atoms. The highest BCUT2D eigenvalue weighted by Gasteiger charge is 2.30. The SMILES string of the molecule is Cc1ccc(-n2nc(-c3ccccc3F)cc2C(=O)N2C[C@@H](C)O[C@H](C)C2)c(C)c1. The van der Waals surface area contributed by atoms with Crippen LogP contribution in [0.3, 0.4) is 0 Å². The summed E-state index contributed by atoms with van der Waals surface area (Å²) in [7, 11) is 0. The van der Waals surface area contributed by atoms with Crippen molar-refractivity contribution in [2.45, 2.75) is 39.9 Å². The highest BCUT2D eigenvalue weighted by molar-refractivity contribution is 5.94. The van der Waals surface area contributed by atoms with Crippen LogP contribution in [-0.4, -0.2) is 45.9 Å². The predicted octanol–water partition coefficient (Wildman–Crippen LogP) is 4.54. The van der Waals surface area contributed by atoms with E-state index < -0.39 is 0 Å². The van der Waals surface area contributed by atoms with E-state index in [0.717, 1.165) is 16.8 Å². The van der Waals surface area contributed by atoms with Crippen LogP contribution < -0.4 is 0 Å². The molecule has 0 spiro atoms. The molecule has 1 saturated heterocycles. The minimum Gasteiger partial charge on any atom is -0.372 e. The molecule has 0 saturated carbocycles. The third kappa shape index (κ3) is 3.87. The summed E-state index contributed by atoms with van der Waals surface area (Å²) in [6, 6.07) is 14.2. The highest BCUT2D eigenvalue weighted by atomic mass is 19.1. The Bertz CT molecular complexity index is 1080. The topological polar surface area (TPSA) is 47.4 Å². The maximum atomic E-state index is 14.4. The van der Waals surface area contributed by atoms with Crippen LogP contribution >= 0.6 is 0 Å². The van der Waals surface area contributed by atoms with Crippen molar-refractivity contribution >= 4 is 5.91 Å². The Labute approximate surface area is 176 Å². The maximum Gasteiger partial charge on any atom is 0.272 e. The lowest BCUT2D eigenvalue weighted by atomic mass is 10.1. The zero-order chi connectivity index (χ0) is 21.4. The molecule has 1 fully saturated rings. The van der Waals surface area contributed by atoms with Gasteiger partial charge in [0.15, 0.2) is 0 Å². The van der Waals surface area contributed by atoms with Crippen LogP contribution in [0.15, 0.2) is 48.5 Å². The first-order valence-corrected chi connectivity index (χ1v) is 10.2. The Kier molecular flexibility index (Phi) is 5.43. The van der Waals surface area contributed by atoms with Crippen molar-refractivity contribution in [3.05, 3.63) is 71.2 Å². The molecule has 2 atom stereocenters. The molecule has 0 unspecified atom stereocenters. The van der Waals surface area contributed by atoms with Gasteiger partial charge >= 0.3 is 0 Å². The van der Waals surface area contributed by atoms with Gasteiger partial charge in [-0.2, -0.15) is 5.10 Å². The van der Waals surface area contributed by atoms with Crippen LogP contribution in [0.1, 0.15) is 35.5 Å². The van der Waals surface area contributed by atoms with Crippen molar-refractivity contribution in [3.8, 4) is 16.9 Å². The zero-order valence-corrected chi connectivity index (χ0v) is 17.7. The number of aromatic nitrogens is 2. The number of aryl methyl sites for hydroxylation is 2. The minimum atomic E-state index is -0.365. The van der Waals surface area contributed by atoms with Gasteiger partial charge in [0.25, 0.3) is 5.91 Å². The monoisotopic (exact) mass is 407 g/mol. The third-order valence-electron chi connectivity index (χ3n) is 5.37. The molecule has 4 rings (SSSR count). The molecule has 1 amide bonds. The molecule has 0 aliphatic carbocycles. The number of nitrogens with zero attached hydrogens (tertiary/aromatic N) is 3. The van der Waals surface area contributed by atoms with Crippen LogP contribution in [0.4, 0.5) is 4.39 Å². The third-order valence-corrected chi connectivity index (χ3v) is 5.37. The van der Waals surface area contributed by atoms with Crippen molar-refractivity contribution in [2.75, 3.05) is 13.1 Å². The van der Waals surface area contributed by atoms with E-state index in [4.69, 9.17) is 4.74 Å². The van der Waals surface area contributed by atoms with Crippen molar-refractivity contribution in [2.24, 2.45) is 0 Å². The molecular formula is C24H26FN3O2. The first-order valence-electron chi connectivity index (χ1n) is 10.2. The molecule has 3 aromatic rings. The van der Waals surface area contributed by atoms with Crippen LogP contribution in [0.2, 0.25) is 0 Å². The van der Waals surface area contributed by atoms with Gasteiger partial charge in [0.1, 0.15) is 11.5 Å². The Hall–Kier alpha value is -2.99. The first-order chi connectivity index (χ1) is 14.3. The molecule has 156 valence electrons. The van der Waals surface area contributed by atoms with E-state index in [2.05, 4.69) is 5.10 Å². The summed E-state index contributed by atoms with van der Waals surface area (Å²) in [5, 5.41) is 4.65. The van der Waals surface area contributed by atoms with Gasteiger partial charge in [0, 0.05) is 18.7 Å². The molecular weight excluding hydrogens is 381 g/mol. The zero-order valence-electron chi connectivity index (χ0n) is 17.7. The predicted molar refractivity (Wildman–Crippen MR) is 114 cm³/mol. The maximum absolute atomic E-state index is 14.4. The Morgan fingerprint density at radius 2 is 1.77 bits per heavy atom. The molecule has 1 aliphatic rings. The molecule has 1 aromatic heterocycles. The second-order valence-corrected chi connectivity index (χ2v) is 8.06. The number of hydrogen-bond donors (Lipinski definition) is 0. The number of benzene rings is 2. The van der Waals surface area contributed by atoms with Crippen molar-refractivity contribution < 1.29 is 13.9 Å². The Morgan fingerprint density at radius 1 is 1.07 bits per heavy atom. The summed E-state index contributed by atoms with van der Waals surface area (Å²) < 4.78 is 21.9. The number of halogens is 1. The lowest BCUT2D eigenvalue weighted by Crippen LogP contribution is -2.48. The minimum absolute atomic E-state index is 0.0405. The van der Waals surface area contributed by atoms with E-state index in [0.29, 0.717) is 30.0 Å². The summed E-state index contributed by atoms with van der Waals surface area (Å²) in [5.41, 5.74) is 4.16. The van der Waals surface area contributed by atoms with Gasteiger partial charge in [-0.1, -0.05) is 29.8 Å². The average molecular weight is 407 g/mol. The fourth-order valence-corrected chi connectivity index (χ4v) is 4.07. The number of rotatable bonds is 3. The molecule has 1 aliphatic heterocycles. The standard InChI is InChI=1S/C24H26FN3O2/c1-15-9-10-22(16(2)11-15)28-23(24(29)27-13-17(3)30-18(4)14-27)12-21(26-28)19-7-5-6-8-20(19)25/h5-12,17-18H,13-14H2,1-4H3/t17-,18-/m1/s1. The first kappa shape index (κ1) is 20.3. The smallest absolute Gasteiger partial charge is 0.272 e. The van der Waals surface area contributed by atoms with E-state index in [1.807, 2.05) is 45.9 Å². The highest BCUT2D eigenvalue weighted by Crippen LogP contribution is 2.27. The number of amides is 1. The summed E-state index contributed by atoms with van der Waals surface area (Å²) >= 11 is 0. The number of hydrogen-bond acceptors (Lipinski definition) is 3. The quantitative estimate of drug-likeness (QED) is 0.640. The molecule has 6 heteroatoms. The Balaban J connectivity index is 1.83. The fraction of sp³-hybridized carbons (Fsp3) is 0.333. The summed E-state index contributed by atoms with van der Waals surface area (Å²) in [6.45, 7) is 8.95. The van der Waals surface area contributed by atoms with Crippen molar-refractivity contribution in [3.63, 3.8) is 0 Å².